The minimum atomic E-state index is -1.52. The minimum absolute atomic E-state index is 0.127. The third-order valence-corrected chi connectivity index (χ3v) is 4.48. The first-order chi connectivity index (χ1) is 8.71. The smallest absolute Gasteiger partial charge is 0.333 e. The third-order valence-electron chi connectivity index (χ3n) is 4.48. The van der Waals surface area contributed by atoms with Crippen LogP contribution in [0.15, 0.2) is 0 Å². The highest BCUT2D eigenvalue weighted by Gasteiger charge is 2.46. The summed E-state index contributed by atoms with van der Waals surface area (Å²) in [6.07, 6.45) is 3.00. The molecule has 1 rings (SSSR count). The highest BCUT2D eigenvalue weighted by molar-refractivity contribution is 6.08. The largest absolute Gasteiger partial charge is 0.467 e. The molecule has 1 aliphatic carbocycles. The van der Waals surface area contributed by atoms with Gasteiger partial charge in [0.1, 0.15) is 0 Å². The van der Waals surface area contributed by atoms with Crippen molar-refractivity contribution in [3.8, 4) is 0 Å². The number of carbonyl (C=O) groups is 2. The Morgan fingerprint density at radius 2 is 1.89 bits per heavy atom. The van der Waals surface area contributed by atoms with E-state index in [2.05, 4.69) is 25.5 Å². The van der Waals surface area contributed by atoms with Crippen LogP contribution in [-0.4, -0.2) is 24.4 Å². The summed E-state index contributed by atoms with van der Waals surface area (Å²) >= 11 is 0. The lowest BCUT2D eigenvalue weighted by Crippen LogP contribution is -2.57. The molecule has 4 heteroatoms. The summed E-state index contributed by atoms with van der Waals surface area (Å²) in [6.45, 7) is 7.89. The van der Waals surface area contributed by atoms with Gasteiger partial charge in [-0.05, 0) is 37.5 Å². The van der Waals surface area contributed by atoms with Crippen LogP contribution in [0.4, 0.5) is 0 Å². The Kier molecular flexibility index (Phi) is 5.13. The fraction of sp³-hybridized carbons (Fsp3) is 0.867. The molecule has 0 aromatic rings. The molecule has 19 heavy (non-hydrogen) atoms. The fourth-order valence-corrected chi connectivity index (χ4v) is 3.20. The number of nitrogens with two attached hydrogens (primary N) is 1. The van der Waals surface area contributed by atoms with Gasteiger partial charge < -0.3 is 10.5 Å². The molecule has 110 valence electrons. The molecule has 0 spiro atoms. The van der Waals surface area contributed by atoms with Crippen LogP contribution in [0.5, 0.6) is 0 Å². The molecule has 0 radical (unpaired) electrons. The first-order valence-corrected chi connectivity index (χ1v) is 7.13. The predicted molar refractivity (Wildman–Crippen MR) is 74.4 cm³/mol. The van der Waals surface area contributed by atoms with Gasteiger partial charge in [-0.3, -0.25) is 4.79 Å². The van der Waals surface area contributed by atoms with Gasteiger partial charge in [0, 0.05) is 5.92 Å². The van der Waals surface area contributed by atoms with Crippen LogP contribution in [-0.2, 0) is 14.3 Å². The number of esters is 1. The normalized spacial score (nSPS) is 30.8. The van der Waals surface area contributed by atoms with E-state index in [0.717, 1.165) is 19.3 Å². The van der Waals surface area contributed by atoms with Crippen molar-refractivity contribution in [2.45, 2.75) is 52.5 Å². The molecular weight excluding hydrogens is 242 g/mol. The molecule has 0 saturated heterocycles. The van der Waals surface area contributed by atoms with Gasteiger partial charge in [0.05, 0.1) is 7.11 Å². The lowest BCUT2D eigenvalue weighted by atomic mass is 9.66. The summed E-state index contributed by atoms with van der Waals surface area (Å²) in [5, 5.41) is 0. The number of ketones is 1. The van der Waals surface area contributed by atoms with Gasteiger partial charge in [0.2, 0.25) is 0 Å². The van der Waals surface area contributed by atoms with Crippen LogP contribution in [0, 0.1) is 23.7 Å². The van der Waals surface area contributed by atoms with E-state index in [1.807, 2.05) is 0 Å². The molecule has 4 atom stereocenters. The van der Waals surface area contributed by atoms with Gasteiger partial charge in [-0.25, -0.2) is 4.79 Å². The molecule has 0 aliphatic heterocycles. The lowest BCUT2D eigenvalue weighted by Gasteiger charge is -2.39. The average Bonchev–Trinajstić information content (AvgIpc) is 2.36. The van der Waals surface area contributed by atoms with Gasteiger partial charge in [-0.15, -0.1) is 0 Å². The number of ether oxygens (including phenoxy) is 1. The maximum absolute atomic E-state index is 12.7. The third kappa shape index (κ3) is 3.35. The number of hydrogen-bond donors (Lipinski definition) is 1. The fourth-order valence-electron chi connectivity index (χ4n) is 3.20. The molecule has 0 bridgehead atoms. The molecule has 0 aromatic carbocycles. The van der Waals surface area contributed by atoms with Gasteiger partial charge >= 0.3 is 5.97 Å². The van der Waals surface area contributed by atoms with Gasteiger partial charge in [0.25, 0.3) is 0 Å². The Morgan fingerprint density at radius 3 is 2.37 bits per heavy atom. The van der Waals surface area contributed by atoms with E-state index in [9.17, 15) is 9.59 Å². The maximum atomic E-state index is 12.7. The molecule has 0 aromatic heterocycles. The summed E-state index contributed by atoms with van der Waals surface area (Å²) in [5.74, 6) is 0.323. The summed E-state index contributed by atoms with van der Waals surface area (Å²) in [7, 11) is 1.27. The molecular formula is C15H27NO3. The quantitative estimate of drug-likeness (QED) is 0.627. The van der Waals surface area contributed by atoms with Crippen molar-refractivity contribution < 1.29 is 14.3 Å². The summed E-state index contributed by atoms with van der Waals surface area (Å²) < 4.78 is 4.66. The number of hydrogen-bond acceptors (Lipinski definition) is 4. The Hall–Kier alpha value is -0.900. The second-order valence-corrected chi connectivity index (χ2v) is 6.49. The minimum Gasteiger partial charge on any atom is -0.467 e. The van der Waals surface area contributed by atoms with E-state index in [1.165, 1.54) is 14.0 Å². The molecule has 1 saturated carbocycles. The van der Waals surface area contributed by atoms with Crippen molar-refractivity contribution in [1.82, 2.24) is 0 Å². The Balaban J connectivity index is 2.96. The second kappa shape index (κ2) is 6.04. The number of rotatable bonds is 4. The van der Waals surface area contributed by atoms with Crippen LogP contribution in [0.1, 0.15) is 47.0 Å². The Bertz CT molecular complexity index is 349. The highest BCUT2D eigenvalue weighted by Crippen LogP contribution is 2.39. The number of methoxy groups -OCH3 is 1. The van der Waals surface area contributed by atoms with E-state index in [4.69, 9.17) is 5.73 Å². The molecule has 4 nitrogen and oxygen atoms in total. The van der Waals surface area contributed by atoms with E-state index in [0.29, 0.717) is 17.8 Å². The average molecular weight is 269 g/mol. The molecule has 1 aliphatic rings. The van der Waals surface area contributed by atoms with E-state index in [-0.39, 0.29) is 11.7 Å². The molecule has 2 N–H and O–H groups in total. The molecule has 0 heterocycles. The van der Waals surface area contributed by atoms with E-state index in [1.54, 1.807) is 0 Å². The molecule has 0 amide bonds. The van der Waals surface area contributed by atoms with Crippen molar-refractivity contribution in [2.75, 3.05) is 7.11 Å². The lowest BCUT2D eigenvalue weighted by molar-refractivity contribution is -0.153. The van der Waals surface area contributed by atoms with Crippen LogP contribution in [0.25, 0.3) is 0 Å². The Morgan fingerprint density at radius 1 is 1.32 bits per heavy atom. The highest BCUT2D eigenvalue weighted by atomic mass is 16.5. The molecule has 1 fully saturated rings. The Labute approximate surface area is 116 Å². The van der Waals surface area contributed by atoms with Crippen LogP contribution in [0.3, 0.4) is 0 Å². The van der Waals surface area contributed by atoms with E-state index >= 15 is 0 Å². The number of carbonyl (C=O) groups excluding carboxylic acids is 2. The van der Waals surface area contributed by atoms with Gasteiger partial charge in [0.15, 0.2) is 11.3 Å². The monoisotopic (exact) mass is 269 g/mol. The topological polar surface area (TPSA) is 69.4 Å². The summed E-state index contributed by atoms with van der Waals surface area (Å²) in [6, 6.07) is 0. The predicted octanol–water partition coefficient (Wildman–Crippen LogP) is 2.15. The van der Waals surface area contributed by atoms with Gasteiger partial charge in [-0.1, -0.05) is 27.2 Å². The zero-order valence-electron chi connectivity index (χ0n) is 12.7. The first-order valence-electron chi connectivity index (χ1n) is 7.13. The van der Waals surface area contributed by atoms with Crippen LogP contribution >= 0.6 is 0 Å². The maximum Gasteiger partial charge on any atom is 0.333 e. The van der Waals surface area contributed by atoms with Crippen molar-refractivity contribution in [3.05, 3.63) is 0 Å². The number of Topliss-reactive ketones (excluding diaryl/α,β-unsaturated/α-hetero) is 1. The standard InChI is InChI=1S/C15H27NO3/c1-9(2)11-7-6-10(3)8-12(11)13(17)15(4,16)14(18)19-5/h9-12H,6-8,16H2,1-5H3. The van der Waals surface area contributed by atoms with Crippen LogP contribution in [0.2, 0.25) is 0 Å². The van der Waals surface area contributed by atoms with Crippen molar-refractivity contribution in [2.24, 2.45) is 29.4 Å². The van der Waals surface area contributed by atoms with E-state index < -0.39 is 11.5 Å². The van der Waals surface area contributed by atoms with Gasteiger partial charge in [-0.2, -0.15) is 0 Å². The zero-order chi connectivity index (χ0) is 14.8. The van der Waals surface area contributed by atoms with Crippen molar-refractivity contribution >= 4 is 11.8 Å². The zero-order valence-corrected chi connectivity index (χ0v) is 12.7. The molecule has 4 unspecified atom stereocenters. The second-order valence-electron chi connectivity index (χ2n) is 6.49. The SMILES string of the molecule is COC(=O)C(C)(N)C(=O)C1CC(C)CCC1C(C)C. The first kappa shape index (κ1) is 16.2. The summed E-state index contributed by atoms with van der Waals surface area (Å²) in [4.78, 5) is 24.4. The summed E-state index contributed by atoms with van der Waals surface area (Å²) in [5.41, 5.74) is 4.40. The van der Waals surface area contributed by atoms with Crippen LogP contribution < -0.4 is 5.73 Å². The van der Waals surface area contributed by atoms with Crippen molar-refractivity contribution in [1.29, 1.82) is 0 Å². The van der Waals surface area contributed by atoms with Crippen molar-refractivity contribution in [3.63, 3.8) is 0 Å².